The lowest BCUT2D eigenvalue weighted by Gasteiger charge is -2.35. The largest absolute Gasteiger partial charge is 0.494 e. The highest BCUT2D eigenvalue weighted by Crippen LogP contribution is 2.44. The number of benzene rings is 4. The fraction of sp³-hybridized carbons (Fsp3) is 0.333. The number of nitrogens with zero attached hydrogens (tertiary/aromatic N) is 4. The molecular weight excluding hydrogens is 831 g/mol. The highest BCUT2D eigenvalue weighted by atomic mass is 32.2. The number of thioether (sulfide) groups is 1. The summed E-state index contributed by atoms with van der Waals surface area (Å²) in [4.78, 5) is 50.6. The molecule has 2 atom stereocenters. The van der Waals surface area contributed by atoms with Crippen molar-refractivity contribution in [3.05, 3.63) is 145 Å². The third-order valence-electron chi connectivity index (χ3n) is 12.3. The number of rotatable bonds is 10. The van der Waals surface area contributed by atoms with Crippen LogP contribution < -0.4 is 25.5 Å². The molecule has 6 aromatic rings. The molecule has 1 amide bonds. The van der Waals surface area contributed by atoms with Gasteiger partial charge in [-0.15, -0.1) is 11.3 Å². The molecule has 0 bridgehead atoms. The Kier molecular flexibility index (Phi) is 11.5. The van der Waals surface area contributed by atoms with Gasteiger partial charge in [0.15, 0.2) is 23.1 Å². The molecule has 320 valence electrons. The van der Waals surface area contributed by atoms with Crippen LogP contribution in [0.1, 0.15) is 76.3 Å². The molecule has 3 aliphatic rings. The summed E-state index contributed by atoms with van der Waals surface area (Å²) >= 11 is 3.19. The average molecular weight is 877 g/mol. The fourth-order valence-electron chi connectivity index (χ4n) is 9.11. The highest BCUT2D eigenvalue weighted by molar-refractivity contribution is 7.99. The first-order valence-corrected chi connectivity index (χ1v) is 22.8. The van der Waals surface area contributed by atoms with Crippen LogP contribution in [-0.4, -0.2) is 77.1 Å². The van der Waals surface area contributed by atoms with E-state index in [0.717, 1.165) is 46.1 Å². The van der Waals surface area contributed by atoms with Gasteiger partial charge in [-0.1, -0.05) is 24.3 Å². The zero-order chi connectivity index (χ0) is 43.2. The lowest BCUT2D eigenvalue weighted by Crippen LogP contribution is -2.46. The van der Waals surface area contributed by atoms with E-state index < -0.39 is 23.1 Å². The van der Waals surface area contributed by atoms with Crippen molar-refractivity contribution in [2.24, 2.45) is 4.99 Å². The second-order valence-corrected chi connectivity index (χ2v) is 18.1. The number of carbonyl (C=O) groups is 1. The summed E-state index contributed by atoms with van der Waals surface area (Å²) in [6, 6.07) is 22.2. The van der Waals surface area contributed by atoms with E-state index in [9.17, 15) is 23.2 Å². The number of piperidine rings is 1. The van der Waals surface area contributed by atoms with Crippen LogP contribution in [-0.2, 0) is 6.54 Å². The van der Waals surface area contributed by atoms with Crippen LogP contribution in [0.15, 0.2) is 93.4 Å². The van der Waals surface area contributed by atoms with Crippen LogP contribution in [0.5, 0.6) is 17.2 Å². The van der Waals surface area contributed by atoms with E-state index in [2.05, 4.69) is 6.07 Å². The molecule has 14 heteroatoms. The zero-order valence-corrected chi connectivity index (χ0v) is 36.5. The number of likely N-dealkylation sites (tertiary alicyclic amines) is 1. The number of amides is 1. The van der Waals surface area contributed by atoms with Gasteiger partial charge in [0.2, 0.25) is 0 Å². The topological polar surface area (TPSA) is 104 Å². The van der Waals surface area contributed by atoms with Gasteiger partial charge in [0.05, 0.1) is 44.6 Å². The summed E-state index contributed by atoms with van der Waals surface area (Å²) in [5.41, 5.74) is 5.99. The van der Waals surface area contributed by atoms with E-state index in [0.29, 0.717) is 70.1 Å². The van der Waals surface area contributed by atoms with Crippen LogP contribution in [0.4, 0.5) is 8.78 Å². The molecular formula is C48H46F2N4O6S2. The average Bonchev–Trinajstić information content (AvgIpc) is 3.73. The maximum absolute atomic E-state index is 14.9. The quantitative estimate of drug-likeness (QED) is 0.136. The minimum atomic E-state index is -0.565. The first-order chi connectivity index (χ1) is 30.1. The smallest absolute Gasteiger partial charge is 0.332 e. The van der Waals surface area contributed by atoms with E-state index in [-0.39, 0.29) is 36.0 Å². The number of aliphatic imine (C=N–C) groups is 1. The van der Waals surface area contributed by atoms with Crippen LogP contribution in [0.25, 0.3) is 20.7 Å². The molecule has 2 aromatic heterocycles. The number of carbonyl (C=O) groups excluding carboxylic acids is 1. The van der Waals surface area contributed by atoms with Gasteiger partial charge in [0.25, 0.3) is 11.5 Å². The van der Waals surface area contributed by atoms with Crippen molar-refractivity contribution < 1.29 is 27.8 Å². The van der Waals surface area contributed by atoms with Crippen molar-refractivity contribution in [3.63, 3.8) is 0 Å². The van der Waals surface area contributed by atoms with Crippen molar-refractivity contribution in [1.29, 1.82) is 0 Å². The number of hydrogen-bond donors (Lipinski definition) is 0. The third kappa shape index (κ3) is 7.61. The molecule has 62 heavy (non-hydrogen) atoms. The molecule has 5 heterocycles. The number of ether oxygens (including phenoxy) is 3. The van der Waals surface area contributed by atoms with Crippen LogP contribution in [0, 0.1) is 18.6 Å². The molecule has 0 N–H and O–H groups in total. The minimum absolute atomic E-state index is 0.00258. The van der Waals surface area contributed by atoms with Crippen molar-refractivity contribution in [2.75, 3.05) is 45.4 Å². The Balaban J connectivity index is 0.983. The van der Waals surface area contributed by atoms with Gasteiger partial charge in [0.1, 0.15) is 10.5 Å². The summed E-state index contributed by atoms with van der Waals surface area (Å²) in [7, 11) is 3.03. The monoisotopic (exact) mass is 876 g/mol. The van der Waals surface area contributed by atoms with Gasteiger partial charge in [-0.2, -0.15) is 11.8 Å². The highest BCUT2D eigenvalue weighted by Gasteiger charge is 2.35. The first kappa shape index (κ1) is 41.6. The number of fused-ring (bicyclic) bond motifs is 4. The van der Waals surface area contributed by atoms with E-state index >= 15 is 0 Å². The Hall–Kier alpha value is -5.73. The Bertz CT molecular complexity index is 2860. The Morgan fingerprint density at radius 1 is 0.871 bits per heavy atom. The summed E-state index contributed by atoms with van der Waals surface area (Å²) in [5.74, 6) is 2.74. The number of halogens is 2. The predicted molar refractivity (Wildman–Crippen MR) is 241 cm³/mol. The van der Waals surface area contributed by atoms with Gasteiger partial charge in [-0.3, -0.25) is 23.7 Å². The normalized spacial score (nSPS) is 17.6. The number of aromatic nitrogens is 2. The van der Waals surface area contributed by atoms with E-state index in [1.54, 1.807) is 37.1 Å². The maximum Gasteiger partial charge on any atom is 0.332 e. The maximum atomic E-state index is 14.9. The molecule has 0 unspecified atom stereocenters. The second-order valence-electron chi connectivity index (χ2n) is 15.9. The lowest BCUT2D eigenvalue weighted by atomic mass is 9.81. The van der Waals surface area contributed by atoms with Crippen LogP contribution >= 0.6 is 23.1 Å². The molecule has 2 fully saturated rings. The fourth-order valence-corrected chi connectivity index (χ4v) is 11.5. The number of hydrogen-bond acceptors (Lipinski definition) is 9. The molecule has 0 radical (unpaired) electrons. The number of thiophene rings is 1. The SMILES string of the molecule is CCOc1cc2c(cc1OC)C(c1ccc(C(=O)N3CCC(n4c(=O)c5sc(-c6ccc(F)cc6C)cc5n(Cc5ccc(OC)c(F)c5)c4=O)CC3)cc1)=N[C@@H]1CCSC[C@H]21. The van der Waals surface area contributed by atoms with Crippen molar-refractivity contribution in [3.8, 4) is 27.7 Å². The summed E-state index contributed by atoms with van der Waals surface area (Å²) in [5, 5.41) is 0. The Morgan fingerprint density at radius 3 is 2.35 bits per heavy atom. The standard InChI is InChI=1S/C48H46F2N4O6S2/c1-5-60-42-22-34-35(23-41(42)59-4)44(51-38-16-19-61-26-36(34)38)29-7-9-30(10-8-29)46(55)52-17-14-32(15-18-52)54-47(56)45-39(24-43(62-45)33-12-11-31(49)20-27(33)2)53(48(54)57)25-28-6-13-40(58-3)37(50)21-28/h6-13,20-24,32,36,38H,5,14-19,25-26H2,1-4H3/t36-,38-/m1/s1. The number of methoxy groups -OCH3 is 2. The zero-order valence-electron chi connectivity index (χ0n) is 34.9. The molecule has 0 spiro atoms. The van der Waals surface area contributed by atoms with Crippen molar-refractivity contribution in [2.45, 2.75) is 57.7 Å². The predicted octanol–water partition coefficient (Wildman–Crippen LogP) is 8.86. The van der Waals surface area contributed by atoms with Gasteiger partial charge in [-0.25, -0.2) is 13.6 Å². The molecule has 0 aliphatic carbocycles. The van der Waals surface area contributed by atoms with Gasteiger partial charge >= 0.3 is 5.69 Å². The Labute approximate surface area is 365 Å². The minimum Gasteiger partial charge on any atom is -0.494 e. The van der Waals surface area contributed by atoms with Crippen LogP contribution in [0.3, 0.4) is 0 Å². The first-order valence-electron chi connectivity index (χ1n) is 20.8. The van der Waals surface area contributed by atoms with Gasteiger partial charge in [0, 0.05) is 52.4 Å². The molecule has 10 nitrogen and oxygen atoms in total. The van der Waals surface area contributed by atoms with Gasteiger partial charge in [-0.05, 0) is 116 Å². The molecule has 4 aromatic carbocycles. The van der Waals surface area contributed by atoms with E-state index in [4.69, 9.17) is 19.2 Å². The molecule has 2 saturated heterocycles. The van der Waals surface area contributed by atoms with Crippen molar-refractivity contribution in [1.82, 2.24) is 14.0 Å². The lowest BCUT2D eigenvalue weighted by molar-refractivity contribution is 0.0691. The summed E-state index contributed by atoms with van der Waals surface area (Å²) in [6.45, 7) is 4.97. The second kappa shape index (κ2) is 17.2. The van der Waals surface area contributed by atoms with Gasteiger partial charge < -0.3 is 19.1 Å². The van der Waals surface area contributed by atoms with E-state index in [1.807, 2.05) is 49.0 Å². The Morgan fingerprint density at radius 2 is 1.65 bits per heavy atom. The summed E-state index contributed by atoms with van der Waals surface area (Å²) < 4.78 is 48.9. The van der Waals surface area contributed by atoms with Crippen LogP contribution in [0.2, 0.25) is 0 Å². The number of aryl methyl sites for hydroxylation is 1. The molecule has 3 aliphatic heterocycles. The van der Waals surface area contributed by atoms with E-state index in [1.165, 1.54) is 57.4 Å². The third-order valence-corrected chi connectivity index (χ3v) is 14.6. The summed E-state index contributed by atoms with van der Waals surface area (Å²) in [6.07, 6.45) is 1.76. The van der Waals surface area contributed by atoms with Crippen molar-refractivity contribution >= 4 is 44.9 Å². The molecule has 0 saturated carbocycles. The molecule has 9 rings (SSSR count).